The van der Waals surface area contributed by atoms with Gasteiger partial charge in [-0.1, -0.05) is 23.5 Å². The van der Waals surface area contributed by atoms with Gasteiger partial charge in [-0.15, -0.1) is 0 Å². The number of halogens is 3. The topological polar surface area (TPSA) is 121 Å². The van der Waals surface area contributed by atoms with Crippen LogP contribution in [0.4, 0.5) is 32.8 Å². The zero-order valence-corrected chi connectivity index (χ0v) is 26.2. The number of hydrogen-bond donors (Lipinski definition) is 2. The van der Waals surface area contributed by atoms with Crippen molar-refractivity contribution in [2.45, 2.75) is 95.8 Å². The van der Waals surface area contributed by atoms with Crippen molar-refractivity contribution < 1.29 is 41.8 Å². The van der Waals surface area contributed by atoms with Crippen LogP contribution >= 0.6 is 11.3 Å². The highest BCUT2D eigenvalue weighted by atomic mass is 32.1. The fourth-order valence-corrected chi connectivity index (χ4v) is 7.31. The molecule has 1 spiro atoms. The average molecular weight is 642 g/mol. The van der Waals surface area contributed by atoms with Crippen LogP contribution in [0.2, 0.25) is 0 Å². The second kappa shape index (κ2) is 11.5. The zero-order chi connectivity index (χ0) is 32.2. The number of carbonyl (C=O) groups excluding carboxylic acids is 4. The van der Waals surface area contributed by atoms with Crippen LogP contribution in [0.5, 0.6) is 0 Å². The summed E-state index contributed by atoms with van der Waals surface area (Å²) in [4.78, 5) is 57.1. The molecule has 0 radical (unpaired) electrons. The largest absolute Gasteiger partial charge is 0.444 e. The van der Waals surface area contributed by atoms with Crippen LogP contribution in [0.1, 0.15) is 76.2 Å². The van der Waals surface area contributed by atoms with Crippen LogP contribution in [-0.4, -0.2) is 100 Å². The Morgan fingerprint density at radius 1 is 1.16 bits per heavy atom. The molecule has 2 unspecified atom stereocenters. The molecule has 0 saturated carbocycles. The van der Waals surface area contributed by atoms with Crippen molar-refractivity contribution in [1.29, 1.82) is 0 Å². The number of rotatable bonds is 4. The number of piperidine rings is 2. The van der Waals surface area contributed by atoms with Gasteiger partial charge in [0, 0.05) is 37.3 Å². The number of amides is 4. The van der Waals surface area contributed by atoms with Gasteiger partial charge in [-0.25, -0.2) is 14.5 Å². The minimum atomic E-state index is -4.54. The minimum absolute atomic E-state index is 0.0423. The molecule has 0 aromatic carbocycles. The SMILES string of the molecule is CC(C)N1C(=O)OC2(CCCN(C3CCN(C(=O)c4c(NC(=O)OC(C)(C)C)sc5c4C=CC(C(F)(F)F)N5)CC3)C2)C1=O. The molecule has 0 bridgehead atoms. The molecule has 15 heteroatoms. The van der Waals surface area contributed by atoms with Crippen molar-refractivity contribution in [3.8, 4) is 0 Å². The van der Waals surface area contributed by atoms with Crippen LogP contribution in [0.25, 0.3) is 6.08 Å². The minimum Gasteiger partial charge on any atom is -0.444 e. The third-order valence-corrected chi connectivity index (χ3v) is 9.28. The summed E-state index contributed by atoms with van der Waals surface area (Å²) >= 11 is 0.857. The van der Waals surface area contributed by atoms with Crippen molar-refractivity contribution in [2.75, 3.05) is 36.8 Å². The normalized spacial score (nSPS) is 24.9. The molecule has 11 nitrogen and oxygen atoms in total. The van der Waals surface area contributed by atoms with Gasteiger partial charge in [0.2, 0.25) is 5.60 Å². The molecule has 4 aliphatic rings. The Kier molecular flexibility index (Phi) is 8.42. The molecule has 1 aromatic rings. The Hall–Kier alpha value is -3.33. The van der Waals surface area contributed by atoms with E-state index in [4.69, 9.17) is 9.47 Å². The van der Waals surface area contributed by atoms with E-state index in [1.807, 2.05) is 0 Å². The van der Waals surface area contributed by atoms with Crippen molar-refractivity contribution in [1.82, 2.24) is 14.7 Å². The van der Waals surface area contributed by atoms with Gasteiger partial charge in [0.05, 0.1) is 10.6 Å². The summed E-state index contributed by atoms with van der Waals surface area (Å²) in [6.07, 6.45) is -1.43. The molecule has 242 valence electrons. The quantitative estimate of drug-likeness (QED) is 0.455. The van der Waals surface area contributed by atoms with Crippen LogP contribution < -0.4 is 10.6 Å². The number of thiophene rings is 1. The molecule has 3 fully saturated rings. The zero-order valence-electron chi connectivity index (χ0n) is 25.4. The number of hydrogen-bond acceptors (Lipinski definition) is 9. The molecule has 4 aliphatic heterocycles. The summed E-state index contributed by atoms with van der Waals surface area (Å²) in [7, 11) is 0. The number of nitrogens with one attached hydrogen (secondary N) is 2. The Morgan fingerprint density at radius 2 is 1.84 bits per heavy atom. The lowest BCUT2D eigenvalue weighted by Gasteiger charge is -2.44. The summed E-state index contributed by atoms with van der Waals surface area (Å²) in [6.45, 7) is 10.3. The maximum atomic E-state index is 13.9. The predicted molar refractivity (Wildman–Crippen MR) is 158 cm³/mol. The first-order chi connectivity index (χ1) is 20.5. The third-order valence-electron chi connectivity index (χ3n) is 8.22. The van der Waals surface area contributed by atoms with E-state index in [1.165, 1.54) is 11.0 Å². The molecule has 3 saturated heterocycles. The fourth-order valence-electron chi connectivity index (χ4n) is 6.20. The van der Waals surface area contributed by atoms with Crippen LogP contribution in [0.15, 0.2) is 6.08 Å². The highest BCUT2D eigenvalue weighted by Gasteiger charge is 2.57. The first kappa shape index (κ1) is 32.1. The van der Waals surface area contributed by atoms with E-state index in [2.05, 4.69) is 15.5 Å². The number of carbonyl (C=O) groups is 4. The van der Waals surface area contributed by atoms with Crippen molar-refractivity contribution in [3.63, 3.8) is 0 Å². The summed E-state index contributed by atoms with van der Waals surface area (Å²) in [5.74, 6) is -0.719. The Bertz CT molecular complexity index is 1360. The standard InChI is InChI=1S/C29H38F3N5O6S/c1-16(2)37-24(39)28(43-26(37)41)11-6-12-36(15-28)17-9-13-35(14-10-17)23(38)20-18-7-8-19(29(30,31)32)33-21(18)44-22(20)34-25(40)42-27(3,4)5/h7-8,16-17,19,33H,6,9-15H2,1-5H3,(H,34,40). The summed E-state index contributed by atoms with van der Waals surface area (Å²) < 4.78 is 51.3. The van der Waals surface area contributed by atoms with E-state index in [9.17, 15) is 32.3 Å². The van der Waals surface area contributed by atoms with E-state index in [1.54, 1.807) is 39.5 Å². The first-order valence-corrected chi connectivity index (χ1v) is 15.6. The van der Waals surface area contributed by atoms with Gasteiger partial charge in [0.15, 0.2) is 0 Å². The molecular weight excluding hydrogens is 603 g/mol. The highest BCUT2D eigenvalue weighted by molar-refractivity contribution is 7.21. The van der Waals surface area contributed by atoms with Crippen molar-refractivity contribution in [2.24, 2.45) is 0 Å². The Morgan fingerprint density at radius 3 is 2.43 bits per heavy atom. The number of alkyl halides is 3. The van der Waals surface area contributed by atoms with E-state index < -0.39 is 41.5 Å². The number of fused-ring (bicyclic) bond motifs is 1. The molecule has 0 aliphatic carbocycles. The molecule has 2 atom stereocenters. The van der Waals surface area contributed by atoms with Gasteiger partial charge in [0.25, 0.3) is 11.8 Å². The molecule has 4 amide bonds. The maximum Gasteiger partial charge on any atom is 0.418 e. The van der Waals surface area contributed by atoms with Gasteiger partial charge < -0.3 is 19.7 Å². The van der Waals surface area contributed by atoms with Gasteiger partial charge in [-0.3, -0.25) is 19.8 Å². The van der Waals surface area contributed by atoms with Gasteiger partial charge in [-0.05, 0) is 66.8 Å². The third kappa shape index (κ3) is 6.25. The molecule has 5 heterocycles. The smallest absolute Gasteiger partial charge is 0.418 e. The number of likely N-dealkylation sites (tertiary alicyclic amines) is 2. The van der Waals surface area contributed by atoms with E-state index >= 15 is 0 Å². The predicted octanol–water partition coefficient (Wildman–Crippen LogP) is 5.29. The molecular formula is C29H38F3N5O6S. The number of nitrogens with zero attached hydrogens (tertiary/aromatic N) is 3. The Balaban J connectivity index is 1.31. The fraction of sp³-hybridized carbons (Fsp3) is 0.655. The summed E-state index contributed by atoms with van der Waals surface area (Å²) in [6, 6.07) is -2.19. The second-order valence-electron chi connectivity index (χ2n) is 12.9. The lowest BCUT2D eigenvalue weighted by atomic mass is 9.89. The van der Waals surface area contributed by atoms with E-state index in [-0.39, 0.29) is 45.7 Å². The number of anilines is 2. The Labute approximate surface area is 257 Å². The molecule has 44 heavy (non-hydrogen) atoms. The molecule has 1 aromatic heterocycles. The van der Waals surface area contributed by atoms with Crippen LogP contribution in [0.3, 0.4) is 0 Å². The van der Waals surface area contributed by atoms with Crippen LogP contribution in [0, 0.1) is 0 Å². The van der Waals surface area contributed by atoms with Crippen molar-refractivity contribution >= 4 is 51.4 Å². The second-order valence-corrected chi connectivity index (χ2v) is 13.9. The van der Waals surface area contributed by atoms with Gasteiger partial charge in [0.1, 0.15) is 16.6 Å². The maximum absolute atomic E-state index is 13.9. The first-order valence-electron chi connectivity index (χ1n) is 14.8. The van der Waals surface area contributed by atoms with Crippen molar-refractivity contribution in [3.05, 3.63) is 17.2 Å². The van der Waals surface area contributed by atoms with E-state index in [0.717, 1.165) is 24.0 Å². The molecule has 2 N–H and O–H groups in total. The summed E-state index contributed by atoms with van der Waals surface area (Å²) in [5, 5.41) is 5.24. The number of imide groups is 1. The monoisotopic (exact) mass is 641 g/mol. The number of ether oxygens (including phenoxy) is 2. The highest BCUT2D eigenvalue weighted by Crippen LogP contribution is 2.44. The average Bonchev–Trinajstić information content (AvgIpc) is 3.39. The lowest BCUT2D eigenvalue weighted by Crippen LogP contribution is -2.58. The molecule has 5 rings (SSSR count). The van der Waals surface area contributed by atoms with Crippen LogP contribution in [-0.2, 0) is 14.3 Å². The summed E-state index contributed by atoms with van der Waals surface area (Å²) in [5.41, 5.74) is -1.64. The van der Waals surface area contributed by atoms with Gasteiger partial charge >= 0.3 is 18.4 Å². The lowest BCUT2D eigenvalue weighted by molar-refractivity contribution is -0.143. The van der Waals surface area contributed by atoms with E-state index in [0.29, 0.717) is 38.8 Å². The van der Waals surface area contributed by atoms with Gasteiger partial charge in [-0.2, -0.15) is 13.2 Å².